The number of rotatable bonds is 7. The van der Waals surface area contributed by atoms with Crippen molar-refractivity contribution in [2.75, 3.05) is 18.6 Å². The van der Waals surface area contributed by atoms with Crippen molar-refractivity contribution in [1.29, 1.82) is 5.26 Å². The van der Waals surface area contributed by atoms with Gasteiger partial charge in [-0.1, -0.05) is 18.2 Å². The summed E-state index contributed by atoms with van der Waals surface area (Å²) in [6.45, 7) is 4.07. The minimum Gasteiger partial charge on any atom is -0.461 e. The van der Waals surface area contributed by atoms with Crippen LogP contribution in [0, 0.1) is 16.2 Å². The van der Waals surface area contributed by atoms with Gasteiger partial charge in [0, 0.05) is 16.7 Å². The van der Waals surface area contributed by atoms with E-state index in [0.29, 0.717) is 0 Å². The van der Waals surface area contributed by atoms with Crippen LogP contribution in [0.25, 0.3) is 0 Å². The zero-order valence-corrected chi connectivity index (χ0v) is 15.9. The molecule has 1 aliphatic heterocycles. The summed E-state index contributed by atoms with van der Waals surface area (Å²) in [6.07, 6.45) is 0.937. The lowest BCUT2D eigenvalue weighted by atomic mass is 9.99. The summed E-state index contributed by atoms with van der Waals surface area (Å²) in [5.41, 5.74) is 2.19. The number of amides is 2. The van der Waals surface area contributed by atoms with Crippen LogP contribution >= 0.6 is 11.6 Å². The van der Waals surface area contributed by atoms with Gasteiger partial charge in [-0.2, -0.15) is 10.4 Å². The third kappa shape index (κ3) is 4.72. The predicted molar refractivity (Wildman–Crippen MR) is 104 cm³/mol. The number of ether oxygens (including phenoxy) is 1. The second-order valence-electron chi connectivity index (χ2n) is 5.57. The van der Waals surface area contributed by atoms with Gasteiger partial charge >= 0.3 is 5.97 Å². The topological polar surface area (TPSA) is 141 Å². The number of hydrazone groups is 1. The van der Waals surface area contributed by atoms with Gasteiger partial charge < -0.3 is 4.74 Å². The molecule has 0 fully saturated rings. The number of hydrogen-bond donors (Lipinski definition) is 1. The molecule has 0 atom stereocenters. The summed E-state index contributed by atoms with van der Waals surface area (Å²) >= 11 is 5.80. The molecule has 1 aromatic rings. The Morgan fingerprint density at radius 2 is 2.14 bits per heavy atom. The highest BCUT2D eigenvalue weighted by molar-refractivity contribution is 6.50. The van der Waals surface area contributed by atoms with Crippen molar-refractivity contribution in [3.63, 3.8) is 0 Å². The zero-order valence-electron chi connectivity index (χ0n) is 15.1. The van der Waals surface area contributed by atoms with Crippen molar-refractivity contribution in [2.45, 2.75) is 6.92 Å². The van der Waals surface area contributed by atoms with Crippen LogP contribution in [0.4, 0.5) is 11.4 Å². The molecule has 1 N–H and O–H groups in total. The molecule has 0 aliphatic carbocycles. The Morgan fingerprint density at radius 3 is 2.76 bits per heavy atom. The number of anilines is 1. The second-order valence-corrected chi connectivity index (χ2v) is 6.01. The van der Waals surface area contributed by atoms with Crippen molar-refractivity contribution < 1.29 is 19.1 Å². The van der Waals surface area contributed by atoms with E-state index in [-0.39, 0.29) is 46.4 Å². The standard InChI is InChI=1S/C18H14ClN5O5/c1-3-15(25)29-7-6-24-17(26)12(9-20)10(2)16(18(24)27)22-21-13-5-4-11(19)8-14(13)23-28/h3-5,8,21H,1,6-7H2,2H3/b22-16-. The van der Waals surface area contributed by atoms with E-state index in [1.54, 1.807) is 6.07 Å². The minimum atomic E-state index is -0.828. The number of halogens is 1. The molecule has 0 saturated heterocycles. The largest absolute Gasteiger partial charge is 0.461 e. The molecule has 29 heavy (non-hydrogen) atoms. The highest BCUT2D eigenvalue weighted by Crippen LogP contribution is 2.28. The molecule has 2 amide bonds. The summed E-state index contributed by atoms with van der Waals surface area (Å²) in [5, 5.41) is 16.3. The SMILES string of the molecule is C=CC(=O)OCCN1C(=O)C(C#N)=C(C)/C(=N/Nc2ccc(Cl)cc2N=O)C1=O. The number of hydrogen-bond acceptors (Lipinski definition) is 9. The quantitative estimate of drug-likeness (QED) is 0.237. The van der Waals surface area contributed by atoms with Gasteiger partial charge in [0.2, 0.25) is 0 Å². The first-order chi connectivity index (χ1) is 13.8. The molecular weight excluding hydrogens is 402 g/mol. The Morgan fingerprint density at radius 1 is 1.41 bits per heavy atom. The molecule has 148 valence electrons. The number of carbonyl (C=O) groups is 3. The summed E-state index contributed by atoms with van der Waals surface area (Å²) in [5.74, 6) is -2.35. The fraction of sp³-hybridized carbons (Fsp3) is 0.167. The highest BCUT2D eigenvalue weighted by Gasteiger charge is 2.36. The normalized spacial score (nSPS) is 15.2. The molecular formula is C18H14ClN5O5. The summed E-state index contributed by atoms with van der Waals surface area (Å²) in [4.78, 5) is 47.9. The van der Waals surface area contributed by atoms with Gasteiger partial charge in [-0.25, -0.2) is 4.79 Å². The van der Waals surface area contributed by atoms with Crippen molar-refractivity contribution in [1.82, 2.24) is 4.90 Å². The third-order valence-electron chi connectivity index (χ3n) is 3.82. The number of imide groups is 1. The van der Waals surface area contributed by atoms with E-state index in [4.69, 9.17) is 16.3 Å². The third-order valence-corrected chi connectivity index (χ3v) is 4.06. The number of nitriles is 1. The summed E-state index contributed by atoms with van der Waals surface area (Å²) in [7, 11) is 0. The number of esters is 1. The van der Waals surface area contributed by atoms with Gasteiger partial charge in [0.25, 0.3) is 11.8 Å². The lowest BCUT2D eigenvalue weighted by Crippen LogP contribution is -2.48. The lowest BCUT2D eigenvalue weighted by molar-refractivity contribution is -0.144. The Kier molecular flexibility index (Phi) is 6.94. The van der Waals surface area contributed by atoms with E-state index >= 15 is 0 Å². The van der Waals surface area contributed by atoms with Crippen LogP contribution in [-0.4, -0.2) is 41.5 Å². The van der Waals surface area contributed by atoms with E-state index in [1.165, 1.54) is 25.1 Å². The van der Waals surface area contributed by atoms with Crippen LogP contribution in [0.15, 0.2) is 52.3 Å². The molecule has 1 aliphatic rings. The van der Waals surface area contributed by atoms with Gasteiger partial charge in [0.05, 0.1) is 12.2 Å². The molecule has 11 heteroatoms. The van der Waals surface area contributed by atoms with E-state index in [0.717, 1.165) is 11.0 Å². The monoisotopic (exact) mass is 415 g/mol. The van der Waals surface area contributed by atoms with Crippen molar-refractivity contribution in [2.24, 2.45) is 10.3 Å². The van der Waals surface area contributed by atoms with Gasteiger partial charge in [-0.15, -0.1) is 4.91 Å². The minimum absolute atomic E-state index is 0.0449. The molecule has 2 rings (SSSR count). The maximum absolute atomic E-state index is 12.7. The Labute approximate surface area is 170 Å². The molecule has 0 saturated carbocycles. The second kappa shape index (κ2) is 9.38. The first-order valence-corrected chi connectivity index (χ1v) is 8.45. The van der Waals surface area contributed by atoms with Crippen LogP contribution in [-0.2, 0) is 19.1 Å². The van der Waals surface area contributed by atoms with Crippen LogP contribution < -0.4 is 5.43 Å². The molecule has 1 aromatic carbocycles. The van der Waals surface area contributed by atoms with Crippen molar-refractivity contribution in [3.8, 4) is 6.07 Å². The van der Waals surface area contributed by atoms with Crippen LogP contribution in [0.5, 0.6) is 0 Å². The number of nitrogens with zero attached hydrogens (tertiary/aromatic N) is 4. The van der Waals surface area contributed by atoms with Crippen LogP contribution in [0.2, 0.25) is 5.02 Å². The van der Waals surface area contributed by atoms with Crippen LogP contribution in [0.1, 0.15) is 6.92 Å². The van der Waals surface area contributed by atoms with Crippen molar-refractivity contribution in [3.05, 3.63) is 51.9 Å². The lowest BCUT2D eigenvalue weighted by Gasteiger charge is -2.26. The van der Waals surface area contributed by atoms with E-state index in [2.05, 4.69) is 22.3 Å². The van der Waals surface area contributed by atoms with E-state index < -0.39 is 17.8 Å². The van der Waals surface area contributed by atoms with Gasteiger partial charge in [0.15, 0.2) is 5.71 Å². The zero-order chi connectivity index (χ0) is 21.6. The average molecular weight is 416 g/mol. The Hall–Kier alpha value is -3.84. The maximum Gasteiger partial charge on any atom is 0.330 e. The Balaban J connectivity index is 2.34. The number of nitroso groups, excluding NO2 is 1. The molecule has 10 nitrogen and oxygen atoms in total. The smallest absolute Gasteiger partial charge is 0.330 e. The molecule has 1 heterocycles. The predicted octanol–water partition coefficient (Wildman–Crippen LogP) is 2.44. The number of benzene rings is 1. The fourth-order valence-electron chi connectivity index (χ4n) is 2.35. The van der Waals surface area contributed by atoms with E-state index in [1.807, 2.05) is 0 Å². The molecule has 0 unspecified atom stereocenters. The molecule has 0 bridgehead atoms. The molecule has 0 radical (unpaired) electrons. The van der Waals surface area contributed by atoms with Gasteiger partial charge in [0.1, 0.15) is 23.9 Å². The summed E-state index contributed by atoms with van der Waals surface area (Å²) in [6, 6.07) is 5.95. The number of carbonyl (C=O) groups excluding carboxylic acids is 3. The summed E-state index contributed by atoms with van der Waals surface area (Å²) < 4.78 is 4.78. The van der Waals surface area contributed by atoms with E-state index in [9.17, 15) is 24.6 Å². The number of nitrogens with one attached hydrogen (secondary N) is 1. The average Bonchev–Trinajstić information content (AvgIpc) is 2.71. The first kappa shape index (κ1) is 21.5. The molecule has 0 spiro atoms. The maximum atomic E-state index is 12.7. The molecule has 0 aromatic heterocycles. The Bertz CT molecular complexity index is 1010. The highest BCUT2D eigenvalue weighted by atomic mass is 35.5. The fourth-order valence-corrected chi connectivity index (χ4v) is 2.51. The van der Waals surface area contributed by atoms with Gasteiger partial charge in [-0.05, 0) is 30.3 Å². The first-order valence-electron chi connectivity index (χ1n) is 8.07. The van der Waals surface area contributed by atoms with Gasteiger partial charge in [-0.3, -0.25) is 19.9 Å². The van der Waals surface area contributed by atoms with Crippen molar-refractivity contribution >= 4 is 46.5 Å². The van der Waals surface area contributed by atoms with Crippen LogP contribution in [0.3, 0.4) is 0 Å².